The second kappa shape index (κ2) is 5.57. The van der Waals surface area contributed by atoms with Gasteiger partial charge in [-0.15, -0.1) is 0 Å². The van der Waals surface area contributed by atoms with Crippen molar-refractivity contribution in [2.45, 2.75) is 38.3 Å². The lowest BCUT2D eigenvalue weighted by atomic mass is 9.99. The number of aryl methyl sites for hydroxylation is 2. The highest BCUT2D eigenvalue weighted by molar-refractivity contribution is 5.31. The van der Waals surface area contributed by atoms with Gasteiger partial charge in [-0.25, -0.2) is 0 Å². The molecule has 3 rings (SSSR count). The SMILES string of the molecule is Cn1nccc1CNC1CCCCc2ccccc21. The van der Waals surface area contributed by atoms with Gasteiger partial charge < -0.3 is 5.32 Å². The minimum absolute atomic E-state index is 0.480. The minimum atomic E-state index is 0.480. The van der Waals surface area contributed by atoms with Gasteiger partial charge in [0.2, 0.25) is 0 Å². The monoisotopic (exact) mass is 255 g/mol. The van der Waals surface area contributed by atoms with Crippen LogP contribution >= 0.6 is 0 Å². The lowest BCUT2D eigenvalue weighted by Crippen LogP contribution is -2.22. The zero-order chi connectivity index (χ0) is 13.1. The van der Waals surface area contributed by atoms with Crippen molar-refractivity contribution in [1.29, 1.82) is 0 Å². The summed E-state index contributed by atoms with van der Waals surface area (Å²) in [6.07, 6.45) is 6.92. The molecule has 1 aromatic carbocycles. The van der Waals surface area contributed by atoms with E-state index in [0.29, 0.717) is 6.04 Å². The Morgan fingerprint density at radius 2 is 2.16 bits per heavy atom. The van der Waals surface area contributed by atoms with Crippen LogP contribution in [0.4, 0.5) is 0 Å². The molecule has 1 unspecified atom stereocenters. The smallest absolute Gasteiger partial charge is 0.0518 e. The van der Waals surface area contributed by atoms with Gasteiger partial charge in [0.05, 0.1) is 5.69 Å². The average molecular weight is 255 g/mol. The van der Waals surface area contributed by atoms with Crippen LogP contribution < -0.4 is 5.32 Å². The van der Waals surface area contributed by atoms with Gasteiger partial charge in [-0.05, 0) is 36.5 Å². The summed E-state index contributed by atoms with van der Waals surface area (Å²) in [5, 5.41) is 7.92. The number of hydrogen-bond donors (Lipinski definition) is 1. The third-order valence-corrected chi connectivity index (χ3v) is 4.07. The first-order valence-electron chi connectivity index (χ1n) is 7.12. The van der Waals surface area contributed by atoms with Crippen molar-refractivity contribution in [3.63, 3.8) is 0 Å². The second-order valence-electron chi connectivity index (χ2n) is 5.32. The first-order chi connectivity index (χ1) is 9.34. The van der Waals surface area contributed by atoms with E-state index in [1.54, 1.807) is 0 Å². The molecule has 0 radical (unpaired) electrons. The summed E-state index contributed by atoms with van der Waals surface area (Å²) in [6, 6.07) is 11.4. The standard InChI is InChI=1S/C16H21N3/c1-19-14(10-11-18-19)12-17-16-9-5-3-7-13-6-2-4-8-15(13)16/h2,4,6,8,10-11,16-17H,3,5,7,9,12H2,1H3. The van der Waals surface area contributed by atoms with Crippen LogP contribution in [0.2, 0.25) is 0 Å². The number of nitrogens with zero attached hydrogens (tertiary/aromatic N) is 2. The molecular formula is C16H21N3. The number of fused-ring (bicyclic) bond motifs is 1. The molecule has 0 amide bonds. The van der Waals surface area contributed by atoms with Gasteiger partial charge in [-0.2, -0.15) is 5.10 Å². The first kappa shape index (κ1) is 12.4. The van der Waals surface area contributed by atoms with Crippen LogP contribution in [0.15, 0.2) is 36.5 Å². The Hall–Kier alpha value is -1.61. The predicted octanol–water partition coefficient (Wildman–Crippen LogP) is 2.98. The number of aromatic nitrogens is 2. The largest absolute Gasteiger partial charge is 0.304 e. The van der Waals surface area contributed by atoms with Crippen LogP contribution in [0.3, 0.4) is 0 Å². The summed E-state index contributed by atoms with van der Waals surface area (Å²) in [4.78, 5) is 0. The Labute approximate surface area is 114 Å². The van der Waals surface area contributed by atoms with E-state index in [0.717, 1.165) is 6.54 Å². The maximum absolute atomic E-state index is 4.22. The molecule has 100 valence electrons. The lowest BCUT2D eigenvalue weighted by molar-refractivity contribution is 0.477. The van der Waals surface area contributed by atoms with Crippen LogP contribution in [0.1, 0.15) is 42.1 Å². The number of nitrogens with one attached hydrogen (secondary N) is 1. The fourth-order valence-corrected chi connectivity index (χ4v) is 2.94. The van der Waals surface area contributed by atoms with E-state index in [-0.39, 0.29) is 0 Å². The normalized spacial score (nSPS) is 18.9. The Kier molecular flexibility index (Phi) is 3.65. The van der Waals surface area contributed by atoms with E-state index in [2.05, 4.69) is 40.7 Å². The predicted molar refractivity (Wildman–Crippen MR) is 76.8 cm³/mol. The summed E-state index contributed by atoms with van der Waals surface area (Å²) in [5.41, 5.74) is 4.24. The zero-order valence-corrected chi connectivity index (χ0v) is 11.5. The molecule has 2 aromatic rings. The van der Waals surface area contributed by atoms with Gasteiger partial charge in [-0.3, -0.25) is 4.68 Å². The molecule has 0 fully saturated rings. The Morgan fingerprint density at radius 3 is 3.00 bits per heavy atom. The lowest BCUT2D eigenvalue weighted by Gasteiger charge is -2.19. The molecule has 0 bridgehead atoms. The van der Waals surface area contributed by atoms with E-state index < -0.39 is 0 Å². The maximum atomic E-state index is 4.22. The maximum Gasteiger partial charge on any atom is 0.0518 e. The summed E-state index contributed by atoms with van der Waals surface area (Å²) in [6.45, 7) is 0.884. The van der Waals surface area contributed by atoms with Crippen molar-refractivity contribution in [3.8, 4) is 0 Å². The average Bonchev–Trinajstić information content (AvgIpc) is 2.73. The van der Waals surface area contributed by atoms with E-state index >= 15 is 0 Å². The Morgan fingerprint density at radius 1 is 1.26 bits per heavy atom. The molecule has 1 heterocycles. The van der Waals surface area contributed by atoms with Crippen LogP contribution in [-0.4, -0.2) is 9.78 Å². The number of rotatable bonds is 3. The summed E-state index contributed by atoms with van der Waals surface area (Å²) >= 11 is 0. The van der Waals surface area contributed by atoms with E-state index in [4.69, 9.17) is 0 Å². The molecule has 3 heteroatoms. The molecule has 1 N–H and O–H groups in total. The topological polar surface area (TPSA) is 29.9 Å². The molecule has 1 aromatic heterocycles. The summed E-state index contributed by atoms with van der Waals surface area (Å²) < 4.78 is 1.94. The van der Waals surface area contributed by atoms with Crippen LogP contribution in [0.25, 0.3) is 0 Å². The van der Waals surface area contributed by atoms with Gasteiger partial charge in [0, 0.05) is 25.8 Å². The van der Waals surface area contributed by atoms with Crippen molar-refractivity contribution >= 4 is 0 Å². The van der Waals surface area contributed by atoms with Crippen molar-refractivity contribution in [2.75, 3.05) is 0 Å². The Balaban J connectivity index is 1.75. The molecule has 3 nitrogen and oxygen atoms in total. The molecule has 0 saturated carbocycles. The Bertz CT molecular complexity index is 544. The molecule has 0 saturated heterocycles. The molecule has 1 atom stereocenters. The van der Waals surface area contributed by atoms with Crippen LogP contribution in [0.5, 0.6) is 0 Å². The van der Waals surface area contributed by atoms with Gasteiger partial charge in [-0.1, -0.05) is 30.7 Å². The van der Waals surface area contributed by atoms with E-state index in [1.165, 1.54) is 42.5 Å². The van der Waals surface area contributed by atoms with Crippen LogP contribution in [-0.2, 0) is 20.0 Å². The van der Waals surface area contributed by atoms with Gasteiger partial charge in [0.1, 0.15) is 0 Å². The van der Waals surface area contributed by atoms with E-state index in [1.807, 2.05) is 17.9 Å². The quantitative estimate of drug-likeness (QED) is 0.855. The molecule has 1 aliphatic rings. The third-order valence-electron chi connectivity index (χ3n) is 4.07. The number of benzene rings is 1. The van der Waals surface area contributed by atoms with Crippen molar-refractivity contribution < 1.29 is 0 Å². The van der Waals surface area contributed by atoms with Crippen molar-refractivity contribution in [3.05, 3.63) is 53.3 Å². The number of hydrogen-bond acceptors (Lipinski definition) is 2. The highest BCUT2D eigenvalue weighted by atomic mass is 15.3. The first-order valence-corrected chi connectivity index (χ1v) is 7.12. The van der Waals surface area contributed by atoms with Crippen molar-refractivity contribution in [1.82, 2.24) is 15.1 Å². The summed E-state index contributed by atoms with van der Waals surface area (Å²) in [7, 11) is 2.00. The molecule has 19 heavy (non-hydrogen) atoms. The van der Waals surface area contributed by atoms with Crippen molar-refractivity contribution in [2.24, 2.45) is 7.05 Å². The van der Waals surface area contributed by atoms with Crippen LogP contribution in [0, 0.1) is 0 Å². The fraction of sp³-hybridized carbons (Fsp3) is 0.438. The highest BCUT2D eigenvalue weighted by Gasteiger charge is 2.17. The molecule has 1 aliphatic carbocycles. The minimum Gasteiger partial charge on any atom is -0.304 e. The third kappa shape index (κ3) is 2.71. The van der Waals surface area contributed by atoms with Gasteiger partial charge >= 0.3 is 0 Å². The van der Waals surface area contributed by atoms with E-state index in [9.17, 15) is 0 Å². The zero-order valence-electron chi connectivity index (χ0n) is 11.5. The van der Waals surface area contributed by atoms with Gasteiger partial charge in [0.25, 0.3) is 0 Å². The molecule has 0 aliphatic heterocycles. The molecular weight excluding hydrogens is 234 g/mol. The highest BCUT2D eigenvalue weighted by Crippen LogP contribution is 2.28. The fourth-order valence-electron chi connectivity index (χ4n) is 2.94. The molecule has 0 spiro atoms. The second-order valence-corrected chi connectivity index (χ2v) is 5.32. The summed E-state index contributed by atoms with van der Waals surface area (Å²) in [5.74, 6) is 0. The van der Waals surface area contributed by atoms with Gasteiger partial charge in [0.15, 0.2) is 0 Å².